The van der Waals surface area contributed by atoms with Crippen LogP contribution >= 0.6 is 11.8 Å². The van der Waals surface area contributed by atoms with Crippen LogP contribution in [-0.2, 0) is 16.6 Å². The number of ether oxygens (including phenoxy) is 1. The van der Waals surface area contributed by atoms with Gasteiger partial charge in [0.15, 0.2) is 5.16 Å². The van der Waals surface area contributed by atoms with Gasteiger partial charge in [-0.15, -0.1) is 0 Å². The average Bonchev–Trinajstić information content (AvgIpc) is 3.04. The van der Waals surface area contributed by atoms with E-state index in [4.69, 9.17) is 4.74 Å². The molecular weight excluding hydrogens is 374 g/mol. The van der Waals surface area contributed by atoms with Crippen molar-refractivity contribution in [1.82, 2.24) is 14.9 Å². The van der Waals surface area contributed by atoms with Crippen molar-refractivity contribution in [2.24, 2.45) is 0 Å². The maximum atomic E-state index is 12.6. The number of benzene rings is 1. The number of carbonyl (C=O) groups is 1. The van der Waals surface area contributed by atoms with Gasteiger partial charge in [-0.2, -0.15) is 0 Å². The molecule has 1 aliphatic heterocycles. The van der Waals surface area contributed by atoms with Gasteiger partial charge in [-0.25, -0.2) is 4.98 Å². The first-order valence-corrected chi connectivity index (χ1v) is 10.4. The first kappa shape index (κ1) is 20.5. The van der Waals surface area contributed by atoms with Gasteiger partial charge in [0.05, 0.1) is 18.8 Å². The number of aromatic nitrogens is 2. The minimum absolute atomic E-state index is 0.0480. The maximum absolute atomic E-state index is 12.6. The van der Waals surface area contributed by atoms with Crippen molar-refractivity contribution in [3.8, 4) is 5.75 Å². The number of carbonyl (C=O) groups excluding carboxylic acids is 1. The van der Waals surface area contributed by atoms with Crippen LogP contribution in [0.25, 0.3) is 0 Å². The topological polar surface area (TPSA) is 73.2 Å². The third kappa shape index (κ3) is 4.76. The molecule has 1 amide bonds. The van der Waals surface area contributed by atoms with Crippen LogP contribution in [0.3, 0.4) is 0 Å². The second kappa shape index (κ2) is 8.39. The summed E-state index contributed by atoms with van der Waals surface area (Å²) in [6.45, 7) is 6.67. The fourth-order valence-electron chi connectivity index (χ4n) is 3.15. The zero-order valence-corrected chi connectivity index (χ0v) is 17.6. The number of rotatable bonds is 6. The number of amides is 1. The Hall–Kier alpha value is -2.28. The molecule has 1 atom stereocenters. The van der Waals surface area contributed by atoms with Crippen molar-refractivity contribution in [2.45, 2.75) is 50.2 Å². The van der Waals surface area contributed by atoms with Gasteiger partial charge in [-0.3, -0.25) is 14.2 Å². The fraction of sp³-hybridized carbons (Fsp3) is 0.476. The molecule has 1 N–H and O–H groups in total. The van der Waals surface area contributed by atoms with Crippen molar-refractivity contribution in [2.75, 3.05) is 19.4 Å². The zero-order chi connectivity index (χ0) is 20.3. The van der Waals surface area contributed by atoms with E-state index in [2.05, 4.69) is 10.3 Å². The van der Waals surface area contributed by atoms with E-state index in [0.717, 1.165) is 23.4 Å². The maximum Gasteiger partial charge on any atom is 0.254 e. The van der Waals surface area contributed by atoms with E-state index < -0.39 is 0 Å². The molecule has 0 radical (unpaired) electrons. The van der Waals surface area contributed by atoms with Crippen LogP contribution in [0.1, 0.15) is 44.5 Å². The SMILES string of the molecule is COc1cccc(CCNC(=O)CC2CSc3nc(C(C)(C)C)cc(=O)n32)c1. The van der Waals surface area contributed by atoms with Crippen molar-refractivity contribution in [3.05, 3.63) is 51.9 Å². The van der Waals surface area contributed by atoms with Gasteiger partial charge < -0.3 is 10.1 Å². The highest BCUT2D eigenvalue weighted by molar-refractivity contribution is 7.99. The summed E-state index contributed by atoms with van der Waals surface area (Å²) >= 11 is 1.55. The monoisotopic (exact) mass is 401 g/mol. The number of thioether (sulfide) groups is 1. The normalized spacial score (nSPS) is 15.9. The third-order valence-electron chi connectivity index (χ3n) is 4.75. The Morgan fingerprint density at radius 1 is 1.36 bits per heavy atom. The van der Waals surface area contributed by atoms with E-state index >= 15 is 0 Å². The number of hydrogen-bond donors (Lipinski definition) is 1. The Kier molecular flexibility index (Phi) is 6.13. The van der Waals surface area contributed by atoms with E-state index in [-0.39, 0.29) is 29.3 Å². The van der Waals surface area contributed by atoms with E-state index in [9.17, 15) is 9.59 Å². The van der Waals surface area contributed by atoms with Gasteiger partial charge in [-0.1, -0.05) is 44.7 Å². The van der Waals surface area contributed by atoms with E-state index in [1.54, 1.807) is 29.5 Å². The Bertz CT molecular complexity index is 918. The Labute approximate surface area is 169 Å². The minimum Gasteiger partial charge on any atom is -0.497 e. The highest BCUT2D eigenvalue weighted by atomic mass is 32.2. The zero-order valence-electron chi connectivity index (χ0n) is 16.8. The molecule has 1 aliphatic rings. The average molecular weight is 402 g/mol. The standard InChI is InChI=1S/C21H27N3O3S/c1-21(2,3)17-12-19(26)24-15(13-28-20(24)23-17)11-18(25)22-9-8-14-6-5-7-16(10-14)27-4/h5-7,10,12,15H,8-9,11,13H2,1-4H3,(H,22,25). The van der Waals surface area contributed by atoms with Gasteiger partial charge in [0.1, 0.15) is 5.75 Å². The highest BCUT2D eigenvalue weighted by Gasteiger charge is 2.29. The van der Waals surface area contributed by atoms with Crippen LogP contribution in [0.4, 0.5) is 0 Å². The van der Waals surface area contributed by atoms with E-state index in [1.165, 1.54) is 0 Å². The summed E-state index contributed by atoms with van der Waals surface area (Å²) in [6.07, 6.45) is 1.02. The van der Waals surface area contributed by atoms with Crippen LogP contribution in [0.2, 0.25) is 0 Å². The summed E-state index contributed by atoms with van der Waals surface area (Å²) in [7, 11) is 1.64. The molecule has 6 nitrogen and oxygen atoms in total. The number of nitrogens with one attached hydrogen (secondary N) is 1. The molecule has 28 heavy (non-hydrogen) atoms. The predicted molar refractivity (Wildman–Crippen MR) is 111 cm³/mol. The van der Waals surface area contributed by atoms with Crippen molar-refractivity contribution in [3.63, 3.8) is 0 Å². The predicted octanol–water partition coefficient (Wildman–Crippen LogP) is 2.95. The van der Waals surface area contributed by atoms with Crippen LogP contribution in [0, 0.1) is 0 Å². The minimum atomic E-state index is -0.176. The van der Waals surface area contributed by atoms with Crippen LogP contribution in [0.15, 0.2) is 40.3 Å². The first-order chi connectivity index (χ1) is 13.3. The number of methoxy groups -OCH3 is 1. The second-order valence-electron chi connectivity index (χ2n) is 8.00. The quantitative estimate of drug-likeness (QED) is 0.754. The van der Waals surface area contributed by atoms with Crippen LogP contribution < -0.4 is 15.6 Å². The molecule has 1 aromatic heterocycles. The Morgan fingerprint density at radius 3 is 2.86 bits per heavy atom. The van der Waals surface area contributed by atoms with Crippen molar-refractivity contribution >= 4 is 17.7 Å². The molecule has 150 valence electrons. The molecule has 7 heteroatoms. The summed E-state index contributed by atoms with van der Waals surface area (Å²) in [6, 6.07) is 9.27. The lowest BCUT2D eigenvalue weighted by molar-refractivity contribution is -0.121. The molecule has 0 aliphatic carbocycles. The molecule has 2 aromatic rings. The molecule has 0 spiro atoms. The van der Waals surface area contributed by atoms with Crippen LogP contribution in [0.5, 0.6) is 5.75 Å². The summed E-state index contributed by atoms with van der Waals surface area (Å²) in [5.74, 6) is 1.46. The molecule has 2 heterocycles. The Morgan fingerprint density at radius 2 is 2.14 bits per heavy atom. The molecule has 0 saturated heterocycles. The first-order valence-electron chi connectivity index (χ1n) is 9.44. The molecule has 1 aromatic carbocycles. The van der Waals surface area contributed by atoms with Crippen LogP contribution in [-0.4, -0.2) is 34.9 Å². The largest absolute Gasteiger partial charge is 0.497 e. The second-order valence-corrected chi connectivity index (χ2v) is 8.99. The molecule has 0 bridgehead atoms. The van der Waals surface area contributed by atoms with Gasteiger partial charge >= 0.3 is 0 Å². The summed E-state index contributed by atoms with van der Waals surface area (Å²) in [5, 5.41) is 3.67. The van der Waals surface area contributed by atoms with E-state index in [1.807, 2.05) is 45.0 Å². The van der Waals surface area contributed by atoms with Gasteiger partial charge in [0, 0.05) is 30.2 Å². The van der Waals surface area contributed by atoms with Gasteiger partial charge in [0.25, 0.3) is 5.56 Å². The number of fused-ring (bicyclic) bond motifs is 1. The molecule has 3 rings (SSSR count). The van der Waals surface area contributed by atoms with E-state index in [0.29, 0.717) is 17.5 Å². The summed E-state index contributed by atoms with van der Waals surface area (Å²) in [4.78, 5) is 29.6. The van der Waals surface area contributed by atoms with Crippen molar-refractivity contribution in [1.29, 1.82) is 0 Å². The number of nitrogens with zero attached hydrogens (tertiary/aromatic N) is 2. The molecule has 0 saturated carbocycles. The molecular formula is C21H27N3O3S. The fourth-order valence-corrected chi connectivity index (χ4v) is 4.30. The summed E-state index contributed by atoms with van der Waals surface area (Å²) < 4.78 is 6.88. The number of hydrogen-bond acceptors (Lipinski definition) is 5. The third-order valence-corrected chi connectivity index (χ3v) is 5.85. The highest BCUT2D eigenvalue weighted by Crippen LogP contribution is 2.33. The summed E-state index contributed by atoms with van der Waals surface area (Å²) in [5.41, 5.74) is 1.65. The Balaban J connectivity index is 1.58. The van der Waals surface area contributed by atoms with Gasteiger partial charge in [0.2, 0.25) is 5.91 Å². The smallest absolute Gasteiger partial charge is 0.254 e. The lowest BCUT2D eigenvalue weighted by atomic mass is 9.92. The van der Waals surface area contributed by atoms with Crippen molar-refractivity contribution < 1.29 is 9.53 Å². The molecule has 0 fully saturated rings. The molecule has 1 unspecified atom stereocenters. The van der Waals surface area contributed by atoms with Gasteiger partial charge in [-0.05, 0) is 24.1 Å². The lowest BCUT2D eigenvalue weighted by Gasteiger charge is -2.19. The lowest BCUT2D eigenvalue weighted by Crippen LogP contribution is -2.32.